The van der Waals surface area contributed by atoms with Crippen LogP contribution in [0.2, 0.25) is 5.02 Å². The number of methoxy groups -OCH3 is 2. The molecule has 4 nitrogen and oxygen atoms in total. The Kier molecular flexibility index (Phi) is 5.19. The van der Waals surface area contributed by atoms with E-state index >= 15 is 0 Å². The quantitative estimate of drug-likeness (QED) is 0.738. The predicted molar refractivity (Wildman–Crippen MR) is 106 cm³/mol. The molecule has 0 aromatic heterocycles. The number of ether oxygens (including phenoxy) is 2. The van der Waals surface area contributed by atoms with Crippen molar-refractivity contribution in [2.75, 3.05) is 20.8 Å². The molecule has 2 aromatic rings. The van der Waals surface area contributed by atoms with E-state index in [-0.39, 0.29) is 11.8 Å². The molecule has 1 amide bonds. The molecule has 2 aliphatic rings. The third kappa shape index (κ3) is 3.12. The minimum atomic E-state index is -0.578. The molecule has 1 aliphatic carbocycles. The van der Waals surface area contributed by atoms with Crippen LogP contribution >= 0.6 is 11.6 Å². The van der Waals surface area contributed by atoms with Crippen molar-refractivity contribution in [3.8, 4) is 11.5 Å². The van der Waals surface area contributed by atoms with Gasteiger partial charge in [0.15, 0.2) is 11.5 Å². The van der Waals surface area contributed by atoms with E-state index in [0.29, 0.717) is 35.1 Å². The van der Waals surface area contributed by atoms with E-state index in [0.717, 1.165) is 30.4 Å². The number of halogens is 2. The number of amides is 1. The van der Waals surface area contributed by atoms with Crippen molar-refractivity contribution in [3.05, 3.63) is 57.9 Å². The van der Waals surface area contributed by atoms with Crippen molar-refractivity contribution in [2.45, 2.75) is 31.7 Å². The van der Waals surface area contributed by atoms with Crippen LogP contribution in [0.1, 0.15) is 42.0 Å². The summed E-state index contributed by atoms with van der Waals surface area (Å²) < 4.78 is 25.8. The molecule has 0 saturated heterocycles. The minimum Gasteiger partial charge on any atom is -0.493 e. The molecule has 0 spiro atoms. The third-order valence-corrected chi connectivity index (χ3v) is 6.21. The van der Waals surface area contributed by atoms with Gasteiger partial charge in [-0.25, -0.2) is 4.39 Å². The second-order valence-electron chi connectivity index (χ2n) is 7.35. The summed E-state index contributed by atoms with van der Waals surface area (Å²) in [5.41, 5.74) is 2.19. The van der Waals surface area contributed by atoms with Crippen LogP contribution in [-0.2, 0) is 11.2 Å². The lowest BCUT2D eigenvalue weighted by Crippen LogP contribution is -2.45. The first-order chi connectivity index (χ1) is 13.5. The molecule has 6 heteroatoms. The van der Waals surface area contributed by atoms with Crippen LogP contribution < -0.4 is 9.47 Å². The maximum Gasteiger partial charge on any atom is 0.226 e. The Morgan fingerprint density at radius 3 is 2.50 bits per heavy atom. The van der Waals surface area contributed by atoms with Crippen LogP contribution in [0.4, 0.5) is 4.39 Å². The maximum atomic E-state index is 14.9. The minimum absolute atomic E-state index is 0.0229. The molecule has 1 heterocycles. The zero-order chi connectivity index (χ0) is 19.8. The molecule has 0 radical (unpaired) electrons. The monoisotopic (exact) mass is 403 g/mol. The largest absolute Gasteiger partial charge is 0.493 e. The van der Waals surface area contributed by atoms with Gasteiger partial charge in [0.1, 0.15) is 5.82 Å². The Morgan fingerprint density at radius 1 is 1.18 bits per heavy atom. The highest BCUT2D eigenvalue weighted by Crippen LogP contribution is 2.45. The van der Waals surface area contributed by atoms with Crippen LogP contribution in [0.15, 0.2) is 30.3 Å². The molecule has 1 saturated carbocycles. The maximum absolute atomic E-state index is 14.9. The number of fused-ring (bicyclic) bond motifs is 1. The molecular formula is C22H23ClFNO3. The smallest absolute Gasteiger partial charge is 0.226 e. The zero-order valence-electron chi connectivity index (χ0n) is 16.0. The van der Waals surface area contributed by atoms with E-state index in [9.17, 15) is 9.18 Å². The molecule has 2 aromatic carbocycles. The Labute approximate surface area is 169 Å². The van der Waals surface area contributed by atoms with E-state index in [2.05, 4.69) is 0 Å². The molecule has 1 aliphatic heterocycles. The second-order valence-corrected chi connectivity index (χ2v) is 7.76. The summed E-state index contributed by atoms with van der Waals surface area (Å²) in [6.45, 7) is 0.521. The van der Waals surface area contributed by atoms with Crippen molar-refractivity contribution < 1.29 is 18.7 Å². The van der Waals surface area contributed by atoms with Gasteiger partial charge in [0.2, 0.25) is 5.91 Å². The van der Waals surface area contributed by atoms with Gasteiger partial charge in [0, 0.05) is 23.0 Å². The van der Waals surface area contributed by atoms with Crippen molar-refractivity contribution >= 4 is 17.5 Å². The van der Waals surface area contributed by atoms with Crippen LogP contribution in [0, 0.1) is 11.7 Å². The number of hydrogen-bond donors (Lipinski definition) is 0. The second kappa shape index (κ2) is 7.63. The normalized spacial score (nSPS) is 19.0. The number of benzene rings is 2. The molecule has 1 fully saturated rings. The molecule has 1 atom stereocenters. The summed E-state index contributed by atoms with van der Waals surface area (Å²) in [5, 5.41) is 0.319. The van der Waals surface area contributed by atoms with Gasteiger partial charge >= 0.3 is 0 Å². The molecule has 4 rings (SSSR count). The summed E-state index contributed by atoms with van der Waals surface area (Å²) >= 11 is 6.43. The Hall–Kier alpha value is -2.27. The van der Waals surface area contributed by atoms with E-state index in [1.807, 2.05) is 12.1 Å². The fraction of sp³-hybridized carbons (Fsp3) is 0.409. The molecule has 148 valence electrons. The van der Waals surface area contributed by atoms with Gasteiger partial charge in [-0.2, -0.15) is 0 Å². The lowest BCUT2D eigenvalue weighted by atomic mass is 9.81. The summed E-state index contributed by atoms with van der Waals surface area (Å²) in [6.07, 6.45) is 3.53. The lowest BCUT2D eigenvalue weighted by Gasteiger charge is -2.41. The van der Waals surface area contributed by atoms with Gasteiger partial charge in [0.25, 0.3) is 0 Å². The molecular weight excluding hydrogens is 381 g/mol. The predicted octanol–water partition coefficient (Wildman–Crippen LogP) is 4.77. The lowest BCUT2D eigenvalue weighted by molar-refractivity contribution is -0.140. The summed E-state index contributed by atoms with van der Waals surface area (Å²) in [4.78, 5) is 15.0. The summed E-state index contributed by atoms with van der Waals surface area (Å²) in [5.74, 6) is 0.868. The topological polar surface area (TPSA) is 38.8 Å². The van der Waals surface area contributed by atoms with Crippen molar-refractivity contribution in [3.63, 3.8) is 0 Å². The van der Waals surface area contributed by atoms with Crippen molar-refractivity contribution in [2.24, 2.45) is 5.92 Å². The van der Waals surface area contributed by atoms with E-state index in [1.54, 1.807) is 31.3 Å². The van der Waals surface area contributed by atoms with Gasteiger partial charge in [-0.15, -0.1) is 0 Å². The first-order valence-corrected chi connectivity index (χ1v) is 9.92. The van der Waals surface area contributed by atoms with Crippen molar-refractivity contribution in [1.29, 1.82) is 0 Å². The van der Waals surface area contributed by atoms with Crippen LogP contribution in [-0.4, -0.2) is 31.6 Å². The van der Waals surface area contributed by atoms with Gasteiger partial charge < -0.3 is 14.4 Å². The van der Waals surface area contributed by atoms with Gasteiger partial charge in [0.05, 0.1) is 20.3 Å². The number of hydrogen-bond acceptors (Lipinski definition) is 3. The Morgan fingerprint density at radius 2 is 1.89 bits per heavy atom. The summed E-state index contributed by atoms with van der Waals surface area (Å²) in [7, 11) is 3.15. The van der Waals surface area contributed by atoms with Gasteiger partial charge in [-0.05, 0) is 54.7 Å². The number of rotatable bonds is 4. The van der Waals surface area contributed by atoms with E-state index in [1.165, 1.54) is 6.07 Å². The zero-order valence-corrected chi connectivity index (χ0v) is 16.8. The van der Waals surface area contributed by atoms with Crippen LogP contribution in [0.5, 0.6) is 11.5 Å². The number of carbonyl (C=O) groups excluding carboxylic acids is 1. The number of carbonyl (C=O) groups is 1. The first-order valence-electron chi connectivity index (χ1n) is 9.54. The highest BCUT2D eigenvalue weighted by Gasteiger charge is 2.39. The SMILES string of the molecule is COc1cc2c(cc1OC)C(c1c(F)cccc1Cl)N(C(=O)C1CCC1)CC2. The molecule has 0 N–H and O–H groups in total. The fourth-order valence-corrected chi connectivity index (χ4v) is 4.42. The molecule has 1 unspecified atom stereocenters. The third-order valence-electron chi connectivity index (χ3n) is 5.88. The highest BCUT2D eigenvalue weighted by molar-refractivity contribution is 6.31. The average molecular weight is 404 g/mol. The Balaban J connectivity index is 1.89. The van der Waals surface area contributed by atoms with Crippen molar-refractivity contribution in [1.82, 2.24) is 4.90 Å². The highest BCUT2D eigenvalue weighted by atomic mass is 35.5. The fourth-order valence-electron chi connectivity index (χ4n) is 4.16. The van der Waals surface area contributed by atoms with E-state index in [4.69, 9.17) is 21.1 Å². The van der Waals surface area contributed by atoms with Gasteiger partial charge in [-0.1, -0.05) is 24.1 Å². The standard InChI is InChI=1S/C22H23ClFNO3/c1-27-18-11-14-9-10-25(22(26)13-5-3-6-13)21(15(14)12-19(18)28-2)20-16(23)7-4-8-17(20)24/h4,7-8,11-13,21H,3,5-6,9-10H2,1-2H3. The first kappa shape index (κ1) is 19.1. The average Bonchev–Trinajstić information content (AvgIpc) is 2.65. The van der Waals surface area contributed by atoms with E-state index < -0.39 is 11.9 Å². The Bertz CT molecular complexity index is 893. The molecule has 28 heavy (non-hydrogen) atoms. The van der Waals surface area contributed by atoms with Gasteiger partial charge in [-0.3, -0.25) is 4.79 Å². The summed E-state index contributed by atoms with van der Waals surface area (Å²) in [6, 6.07) is 7.83. The molecule has 0 bridgehead atoms. The number of nitrogens with zero attached hydrogens (tertiary/aromatic N) is 1. The van der Waals surface area contributed by atoms with Crippen LogP contribution in [0.25, 0.3) is 0 Å². The van der Waals surface area contributed by atoms with Crippen LogP contribution in [0.3, 0.4) is 0 Å².